The Morgan fingerprint density at radius 2 is 1.78 bits per heavy atom. The van der Waals surface area contributed by atoms with E-state index in [-0.39, 0.29) is 5.56 Å². The Hall–Kier alpha value is -2.56. The van der Waals surface area contributed by atoms with E-state index in [1.54, 1.807) is 48.0 Å². The molecule has 92 valence electrons. The average molecular weight is 244 g/mol. The number of amides is 1. The largest absolute Gasteiger partial charge is 0.478 e. The fourth-order valence-electron chi connectivity index (χ4n) is 1.80. The fraction of sp³-hybridized carbons (Fsp3) is 0.0769. The lowest BCUT2D eigenvalue weighted by molar-refractivity contribution is 0.0696. The Balaban J connectivity index is 2.43. The number of rotatable bonds is 3. The third-order valence-corrected chi connectivity index (χ3v) is 2.80. The molecule has 1 amide bonds. The molecule has 0 fully saturated rings. The lowest BCUT2D eigenvalue weighted by Gasteiger charge is -2.07. The number of primary amides is 1. The van der Waals surface area contributed by atoms with Crippen LogP contribution in [0.2, 0.25) is 0 Å². The minimum atomic E-state index is -0.958. The molecule has 1 aromatic heterocycles. The van der Waals surface area contributed by atoms with Gasteiger partial charge in [0.05, 0.1) is 5.56 Å². The summed E-state index contributed by atoms with van der Waals surface area (Å²) >= 11 is 0. The number of carbonyl (C=O) groups excluding carboxylic acids is 1. The molecule has 0 saturated carbocycles. The van der Waals surface area contributed by atoms with Gasteiger partial charge in [0.15, 0.2) is 0 Å². The minimum absolute atomic E-state index is 0.258. The van der Waals surface area contributed by atoms with E-state index in [0.717, 1.165) is 5.69 Å². The first-order chi connectivity index (χ1) is 8.50. The van der Waals surface area contributed by atoms with Gasteiger partial charge in [-0.05, 0) is 37.3 Å². The van der Waals surface area contributed by atoms with Crippen LogP contribution in [0.15, 0.2) is 36.5 Å². The van der Waals surface area contributed by atoms with Gasteiger partial charge in [-0.2, -0.15) is 0 Å². The van der Waals surface area contributed by atoms with Crippen LogP contribution >= 0.6 is 0 Å². The summed E-state index contributed by atoms with van der Waals surface area (Å²) in [6, 6.07) is 8.20. The highest BCUT2D eigenvalue weighted by Gasteiger charge is 2.12. The standard InChI is InChI=1S/C13H12N2O3/c1-8-11(13(17)18)6-7-15(8)10-4-2-9(3-5-10)12(14)16/h2-7H,1H3,(H2,14,16)(H,17,18). The molecule has 0 bridgehead atoms. The Morgan fingerprint density at radius 3 is 2.22 bits per heavy atom. The number of aromatic carboxylic acids is 1. The molecule has 2 aromatic rings. The quantitative estimate of drug-likeness (QED) is 0.859. The second-order valence-corrected chi connectivity index (χ2v) is 3.90. The molecular formula is C13H12N2O3. The van der Waals surface area contributed by atoms with Crippen molar-refractivity contribution in [1.29, 1.82) is 0 Å². The summed E-state index contributed by atoms with van der Waals surface area (Å²) in [5.74, 6) is -1.45. The topological polar surface area (TPSA) is 85.3 Å². The van der Waals surface area contributed by atoms with Crippen LogP contribution in [-0.2, 0) is 0 Å². The smallest absolute Gasteiger partial charge is 0.337 e. The predicted octanol–water partition coefficient (Wildman–Crippen LogP) is 1.58. The average Bonchev–Trinajstić information content (AvgIpc) is 2.71. The van der Waals surface area contributed by atoms with E-state index < -0.39 is 11.9 Å². The molecule has 0 atom stereocenters. The van der Waals surface area contributed by atoms with Gasteiger partial charge < -0.3 is 15.4 Å². The zero-order valence-corrected chi connectivity index (χ0v) is 9.75. The summed E-state index contributed by atoms with van der Waals surface area (Å²) in [5, 5.41) is 8.97. The van der Waals surface area contributed by atoms with Crippen molar-refractivity contribution in [3.8, 4) is 5.69 Å². The van der Waals surface area contributed by atoms with Crippen LogP contribution in [0.4, 0.5) is 0 Å². The monoisotopic (exact) mass is 244 g/mol. The van der Waals surface area contributed by atoms with E-state index in [1.807, 2.05) is 0 Å². The van der Waals surface area contributed by atoms with Crippen molar-refractivity contribution in [2.75, 3.05) is 0 Å². The third kappa shape index (κ3) is 1.98. The van der Waals surface area contributed by atoms with E-state index in [2.05, 4.69) is 0 Å². The highest BCUT2D eigenvalue weighted by atomic mass is 16.4. The predicted molar refractivity (Wildman–Crippen MR) is 66.0 cm³/mol. The van der Waals surface area contributed by atoms with Crippen LogP contribution in [-0.4, -0.2) is 21.6 Å². The fourth-order valence-corrected chi connectivity index (χ4v) is 1.80. The minimum Gasteiger partial charge on any atom is -0.478 e. The van der Waals surface area contributed by atoms with Gasteiger partial charge in [0.25, 0.3) is 0 Å². The first-order valence-corrected chi connectivity index (χ1v) is 5.32. The molecule has 0 radical (unpaired) electrons. The van der Waals surface area contributed by atoms with Gasteiger partial charge in [0, 0.05) is 23.1 Å². The molecule has 0 saturated heterocycles. The number of hydrogen-bond donors (Lipinski definition) is 2. The second kappa shape index (κ2) is 4.37. The summed E-state index contributed by atoms with van der Waals surface area (Å²) in [7, 11) is 0. The Labute approximate surface area is 103 Å². The molecule has 1 heterocycles. The maximum Gasteiger partial charge on any atom is 0.337 e. The van der Waals surface area contributed by atoms with Crippen LogP contribution in [0.3, 0.4) is 0 Å². The summed E-state index contributed by atoms with van der Waals surface area (Å²) < 4.78 is 1.74. The molecule has 1 aromatic carbocycles. The zero-order chi connectivity index (χ0) is 13.3. The Kier molecular flexibility index (Phi) is 2.89. The number of carboxylic acid groups (broad SMARTS) is 1. The number of aromatic nitrogens is 1. The van der Waals surface area contributed by atoms with Gasteiger partial charge in [-0.1, -0.05) is 0 Å². The lowest BCUT2D eigenvalue weighted by Crippen LogP contribution is -2.10. The molecule has 0 unspecified atom stereocenters. The molecule has 18 heavy (non-hydrogen) atoms. The molecule has 0 aliphatic heterocycles. The molecular weight excluding hydrogens is 232 g/mol. The van der Waals surface area contributed by atoms with E-state index in [1.165, 1.54) is 0 Å². The number of benzene rings is 1. The van der Waals surface area contributed by atoms with E-state index in [4.69, 9.17) is 10.8 Å². The van der Waals surface area contributed by atoms with Crippen molar-refractivity contribution in [1.82, 2.24) is 4.57 Å². The highest BCUT2D eigenvalue weighted by Crippen LogP contribution is 2.17. The maximum atomic E-state index is 10.9. The zero-order valence-electron chi connectivity index (χ0n) is 9.75. The van der Waals surface area contributed by atoms with Crippen molar-refractivity contribution >= 4 is 11.9 Å². The summed E-state index contributed by atoms with van der Waals surface area (Å²) in [6.07, 6.45) is 1.68. The van der Waals surface area contributed by atoms with Crippen LogP contribution in [0.5, 0.6) is 0 Å². The van der Waals surface area contributed by atoms with Gasteiger partial charge >= 0.3 is 5.97 Å². The van der Waals surface area contributed by atoms with E-state index >= 15 is 0 Å². The van der Waals surface area contributed by atoms with E-state index in [0.29, 0.717) is 11.3 Å². The maximum absolute atomic E-state index is 10.9. The molecule has 0 aliphatic carbocycles. The number of carboxylic acids is 1. The van der Waals surface area contributed by atoms with Crippen molar-refractivity contribution in [3.63, 3.8) is 0 Å². The van der Waals surface area contributed by atoms with Gasteiger partial charge in [-0.25, -0.2) is 4.79 Å². The number of hydrogen-bond acceptors (Lipinski definition) is 2. The van der Waals surface area contributed by atoms with Crippen LogP contribution in [0, 0.1) is 6.92 Å². The van der Waals surface area contributed by atoms with Crippen molar-refractivity contribution in [2.45, 2.75) is 6.92 Å². The first kappa shape index (κ1) is 11.9. The van der Waals surface area contributed by atoms with Crippen molar-refractivity contribution < 1.29 is 14.7 Å². The first-order valence-electron chi connectivity index (χ1n) is 5.32. The lowest BCUT2D eigenvalue weighted by atomic mass is 10.2. The van der Waals surface area contributed by atoms with Gasteiger partial charge in [-0.15, -0.1) is 0 Å². The van der Waals surface area contributed by atoms with Gasteiger partial charge in [-0.3, -0.25) is 4.79 Å². The molecule has 5 nitrogen and oxygen atoms in total. The third-order valence-electron chi connectivity index (χ3n) is 2.80. The number of carbonyl (C=O) groups is 2. The molecule has 3 N–H and O–H groups in total. The Morgan fingerprint density at radius 1 is 1.17 bits per heavy atom. The molecule has 5 heteroatoms. The Bertz CT molecular complexity index is 612. The second-order valence-electron chi connectivity index (χ2n) is 3.90. The van der Waals surface area contributed by atoms with E-state index in [9.17, 15) is 9.59 Å². The summed E-state index contributed by atoms with van der Waals surface area (Å²) in [5.41, 5.74) is 7.25. The van der Waals surface area contributed by atoms with Gasteiger partial charge in [0.2, 0.25) is 5.91 Å². The summed E-state index contributed by atoms with van der Waals surface area (Å²) in [6.45, 7) is 1.73. The van der Waals surface area contributed by atoms with Crippen LogP contribution in [0.1, 0.15) is 26.4 Å². The van der Waals surface area contributed by atoms with Crippen molar-refractivity contribution in [2.24, 2.45) is 5.73 Å². The molecule has 2 rings (SSSR count). The SMILES string of the molecule is Cc1c(C(=O)O)ccn1-c1ccc(C(N)=O)cc1. The van der Waals surface area contributed by atoms with Crippen LogP contribution < -0.4 is 5.73 Å². The number of nitrogens with two attached hydrogens (primary N) is 1. The molecule has 0 aliphatic rings. The van der Waals surface area contributed by atoms with Gasteiger partial charge in [0.1, 0.15) is 0 Å². The van der Waals surface area contributed by atoms with Crippen molar-refractivity contribution in [3.05, 3.63) is 53.3 Å². The highest BCUT2D eigenvalue weighted by molar-refractivity contribution is 5.93. The normalized spacial score (nSPS) is 10.3. The summed E-state index contributed by atoms with van der Waals surface area (Å²) in [4.78, 5) is 21.9. The van der Waals surface area contributed by atoms with Crippen LogP contribution in [0.25, 0.3) is 5.69 Å². The molecule has 0 spiro atoms. The number of nitrogens with zero attached hydrogens (tertiary/aromatic N) is 1.